The Balaban J connectivity index is 1.30. The number of piperidine rings is 2. The van der Waals surface area contributed by atoms with Crippen molar-refractivity contribution in [1.29, 1.82) is 0 Å². The Bertz CT molecular complexity index is 758. The van der Waals surface area contributed by atoms with Gasteiger partial charge in [-0.3, -0.25) is 9.69 Å². The van der Waals surface area contributed by atoms with Crippen LogP contribution in [0.15, 0.2) is 35.3 Å². The summed E-state index contributed by atoms with van der Waals surface area (Å²) in [5, 5.41) is 0. The van der Waals surface area contributed by atoms with Gasteiger partial charge in [0.2, 0.25) is 5.91 Å². The van der Waals surface area contributed by atoms with Gasteiger partial charge in [0.05, 0.1) is 12.9 Å². The van der Waals surface area contributed by atoms with Crippen molar-refractivity contribution in [3.8, 4) is 0 Å². The van der Waals surface area contributed by atoms with E-state index >= 15 is 0 Å². The molecule has 2 aromatic rings. The SMILES string of the molecule is COCc1ccc(CN2CC[C@H]3[C@H](CCC(=O)N3CCCn3ccnc3)C2)o1. The first kappa shape index (κ1) is 19.2. The van der Waals surface area contributed by atoms with Crippen molar-refractivity contribution in [2.45, 2.75) is 51.4 Å². The van der Waals surface area contributed by atoms with E-state index in [1.165, 1.54) is 0 Å². The Morgan fingerprint density at radius 1 is 1.25 bits per heavy atom. The standard InChI is InChI=1S/C21H30N4O3/c1-27-15-19-5-4-18(28-19)14-24-11-7-20-17(13-24)3-6-21(26)25(20)10-2-9-23-12-8-22-16-23/h4-5,8,12,16-17,20H,2-3,6-7,9-11,13-15H2,1H3/t17-,20+/m1/s1. The van der Waals surface area contributed by atoms with Crippen molar-refractivity contribution >= 4 is 5.91 Å². The summed E-state index contributed by atoms with van der Waals surface area (Å²) in [4.78, 5) is 21.3. The summed E-state index contributed by atoms with van der Waals surface area (Å²) in [7, 11) is 1.68. The van der Waals surface area contributed by atoms with Crippen LogP contribution in [0.3, 0.4) is 0 Å². The van der Waals surface area contributed by atoms with Gasteiger partial charge in [0.25, 0.3) is 0 Å². The van der Waals surface area contributed by atoms with E-state index in [1.807, 2.05) is 24.7 Å². The van der Waals surface area contributed by atoms with Gasteiger partial charge >= 0.3 is 0 Å². The molecule has 7 heteroatoms. The number of aryl methyl sites for hydroxylation is 1. The highest BCUT2D eigenvalue weighted by Crippen LogP contribution is 2.32. The second-order valence-corrected chi connectivity index (χ2v) is 7.93. The number of hydrogen-bond acceptors (Lipinski definition) is 5. The van der Waals surface area contributed by atoms with E-state index in [2.05, 4.69) is 19.4 Å². The molecule has 2 aromatic heterocycles. The predicted molar refractivity (Wildman–Crippen MR) is 104 cm³/mol. The third-order valence-electron chi connectivity index (χ3n) is 5.99. The lowest BCUT2D eigenvalue weighted by molar-refractivity contribution is -0.141. The summed E-state index contributed by atoms with van der Waals surface area (Å²) in [5.74, 6) is 2.76. The van der Waals surface area contributed by atoms with Gasteiger partial charge in [0, 0.05) is 58.1 Å². The summed E-state index contributed by atoms with van der Waals surface area (Å²) in [6.07, 6.45) is 9.33. The Labute approximate surface area is 166 Å². The van der Waals surface area contributed by atoms with Crippen LogP contribution < -0.4 is 0 Å². The normalized spacial score (nSPS) is 23.2. The summed E-state index contributed by atoms with van der Waals surface area (Å²) in [6.45, 7) is 5.15. The van der Waals surface area contributed by atoms with Crippen LogP contribution >= 0.6 is 0 Å². The summed E-state index contributed by atoms with van der Waals surface area (Å²) in [5.41, 5.74) is 0. The number of amides is 1. The maximum atomic E-state index is 12.5. The molecule has 0 saturated carbocycles. The number of likely N-dealkylation sites (tertiary alicyclic amines) is 2. The zero-order valence-electron chi connectivity index (χ0n) is 16.6. The molecule has 2 atom stereocenters. The second-order valence-electron chi connectivity index (χ2n) is 7.93. The molecule has 0 N–H and O–H groups in total. The minimum atomic E-state index is 0.329. The van der Waals surface area contributed by atoms with Gasteiger partial charge in [0.15, 0.2) is 0 Å². The fourth-order valence-electron chi connectivity index (χ4n) is 4.65. The average Bonchev–Trinajstić information content (AvgIpc) is 3.36. The number of carbonyl (C=O) groups is 1. The maximum Gasteiger partial charge on any atom is 0.222 e. The Hall–Kier alpha value is -2.12. The molecule has 0 bridgehead atoms. The number of furan rings is 1. The molecule has 28 heavy (non-hydrogen) atoms. The van der Waals surface area contributed by atoms with E-state index in [0.717, 1.165) is 63.5 Å². The molecule has 7 nitrogen and oxygen atoms in total. The molecule has 1 amide bonds. The predicted octanol–water partition coefficient (Wildman–Crippen LogP) is 2.53. The van der Waals surface area contributed by atoms with Crippen LogP contribution in [0, 0.1) is 5.92 Å². The highest BCUT2D eigenvalue weighted by atomic mass is 16.5. The maximum absolute atomic E-state index is 12.5. The molecule has 0 spiro atoms. The topological polar surface area (TPSA) is 63.7 Å². The molecule has 2 saturated heterocycles. The van der Waals surface area contributed by atoms with Crippen molar-refractivity contribution < 1.29 is 13.9 Å². The van der Waals surface area contributed by atoms with Crippen LogP contribution in [-0.2, 0) is 29.2 Å². The van der Waals surface area contributed by atoms with Gasteiger partial charge in [-0.05, 0) is 37.3 Å². The number of aromatic nitrogens is 2. The van der Waals surface area contributed by atoms with Crippen LogP contribution in [-0.4, -0.2) is 58.0 Å². The number of methoxy groups -OCH3 is 1. The van der Waals surface area contributed by atoms with Gasteiger partial charge < -0.3 is 18.6 Å². The van der Waals surface area contributed by atoms with Gasteiger partial charge in [-0.1, -0.05) is 0 Å². The molecule has 0 radical (unpaired) electrons. The molecule has 4 heterocycles. The lowest BCUT2D eigenvalue weighted by Gasteiger charge is -2.47. The van der Waals surface area contributed by atoms with Crippen LogP contribution in [0.1, 0.15) is 37.2 Å². The Morgan fingerprint density at radius 3 is 2.96 bits per heavy atom. The van der Waals surface area contributed by atoms with E-state index in [4.69, 9.17) is 9.15 Å². The van der Waals surface area contributed by atoms with Gasteiger partial charge in [-0.15, -0.1) is 0 Å². The first-order chi connectivity index (χ1) is 13.7. The van der Waals surface area contributed by atoms with E-state index in [1.54, 1.807) is 13.3 Å². The number of imidazole rings is 1. The molecular weight excluding hydrogens is 356 g/mol. The molecule has 2 aliphatic heterocycles. The van der Waals surface area contributed by atoms with Crippen molar-refractivity contribution in [1.82, 2.24) is 19.4 Å². The first-order valence-electron chi connectivity index (χ1n) is 10.3. The van der Waals surface area contributed by atoms with Crippen LogP contribution in [0.4, 0.5) is 0 Å². The Morgan fingerprint density at radius 2 is 2.14 bits per heavy atom. The van der Waals surface area contributed by atoms with E-state index in [9.17, 15) is 4.79 Å². The van der Waals surface area contributed by atoms with Crippen molar-refractivity contribution in [2.75, 3.05) is 26.7 Å². The minimum Gasteiger partial charge on any atom is -0.462 e. The fourth-order valence-corrected chi connectivity index (χ4v) is 4.65. The molecule has 0 unspecified atom stereocenters. The average molecular weight is 386 g/mol. The number of rotatable bonds is 8. The van der Waals surface area contributed by atoms with Crippen LogP contribution in [0.2, 0.25) is 0 Å². The van der Waals surface area contributed by atoms with Crippen LogP contribution in [0.25, 0.3) is 0 Å². The highest BCUT2D eigenvalue weighted by Gasteiger charge is 2.39. The van der Waals surface area contributed by atoms with E-state index in [0.29, 0.717) is 30.9 Å². The molecule has 152 valence electrons. The van der Waals surface area contributed by atoms with Gasteiger partial charge in [-0.2, -0.15) is 0 Å². The Kier molecular flexibility index (Phi) is 6.12. The minimum absolute atomic E-state index is 0.329. The number of fused-ring (bicyclic) bond motifs is 1. The third kappa shape index (κ3) is 4.47. The lowest BCUT2D eigenvalue weighted by Crippen LogP contribution is -2.56. The first-order valence-corrected chi connectivity index (χ1v) is 10.3. The summed E-state index contributed by atoms with van der Waals surface area (Å²) in [6, 6.07) is 4.43. The largest absolute Gasteiger partial charge is 0.462 e. The number of ether oxygens (including phenoxy) is 1. The molecule has 0 aliphatic carbocycles. The fraction of sp³-hybridized carbons (Fsp3) is 0.619. The van der Waals surface area contributed by atoms with Crippen molar-refractivity contribution in [3.63, 3.8) is 0 Å². The van der Waals surface area contributed by atoms with E-state index < -0.39 is 0 Å². The van der Waals surface area contributed by atoms with Gasteiger partial charge in [-0.25, -0.2) is 4.98 Å². The third-order valence-corrected chi connectivity index (χ3v) is 5.99. The highest BCUT2D eigenvalue weighted by molar-refractivity contribution is 5.77. The van der Waals surface area contributed by atoms with Crippen molar-refractivity contribution in [3.05, 3.63) is 42.4 Å². The van der Waals surface area contributed by atoms with Crippen LogP contribution in [0.5, 0.6) is 0 Å². The number of carbonyl (C=O) groups excluding carboxylic acids is 1. The molecule has 2 fully saturated rings. The lowest BCUT2D eigenvalue weighted by atomic mass is 9.83. The number of hydrogen-bond donors (Lipinski definition) is 0. The summed E-state index contributed by atoms with van der Waals surface area (Å²) < 4.78 is 13.1. The van der Waals surface area contributed by atoms with Crippen molar-refractivity contribution in [2.24, 2.45) is 5.92 Å². The second kappa shape index (κ2) is 8.92. The molecule has 4 rings (SSSR count). The molecule has 2 aliphatic rings. The molecule has 0 aromatic carbocycles. The van der Waals surface area contributed by atoms with E-state index in [-0.39, 0.29) is 0 Å². The zero-order chi connectivity index (χ0) is 19.3. The zero-order valence-corrected chi connectivity index (χ0v) is 16.6. The smallest absolute Gasteiger partial charge is 0.222 e. The number of nitrogens with zero attached hydrogens (tertiary/aromatic N) is 4. The monoisotopic (exact) mass is 386 g/mol. The summed E-state index contributed by atoms with van der Waals surface area (Å²) >= 11 is 0. The quantitative estimate of drug-likeness (QED) is 0.698. The van der Waals surface area contributed by atoms with Gasteiger partial charge in [0.1, 0.15) is 18.1 Å². The molecular formula is C21H30N4O3.